The number of ether oxygens (including phenoxy) is 1. The second kappa shape index (κ2) is 8.55. The first-order valence-corrected chi connectivity index (χ1v) is 11.2. The molecule has 2 aromatic heterocycles. The maximum atomic E-state index is 5.96. The predicted molar refractivity (Wildman–Crippen MR) is 124 cm³/mol. The molecular formula is C25H29N5O. The number of benzene rings is 1. The zero-order valence-electron chi connectivity index (χ0n) is 18.2. The first kappa shape index (κ1) is 19.8. The van der Waals surface area contributed by atoms with Crippen LogP contribution in [0.5, 0.6) is 5.75 Å². The highest BCUT2D eigenvalue weighted by molar-refractivity contribution is 5.70. The lowest BCUT2D eigenvalue weighted by Crippen LogP contribution is -2.22. The van der Waals surface area contributed by atoms with Gasteiger partial charge in [0.15, 0.2) is 0 Å². The molecule has 6 heteroatoms. The minimum atomic E-state index is 0.156. The van der Waals surface area contributed by atoms with Crippen molar-refractivity contribution in [2.24, 2.45) is 0 Å². The Morgan fingerprint density at radius 3 is 2.97 bits per heavy atom. The number of fused-ring (bicyclic) bond motifs is 2. The zero-order valence-corrected chi connectivity index (χ0v) is 18.2. The van der Waals surface area contributed by atoms with Crippen LogP contribution in [0.4, 0.5) is 5.69 Å². The standard InChI is InChI=1S/C25H29N5O/c1-3-29-15-11-20(19-10-9-18(17-23(19)29)31-16-13-26-2)24-22-8-6-14-30(22)28-25(24)21-7-4-5-12-27-21/h4-5,7,9-12,15,17,20,26H,3,6,8,13-14,16H2,1-2H3. The van der Waals surface area contributed by atoms with Crippen LogP contribution >= 0.6 is 0 Å². The van der Waals surface area contributed by atoms with E-state index in [1.165, 1.54) is 22.5 Å². The lowest BCUT2D eigenvalue weighted by atomic mass is 9.85. The average Bonchev–Trinajstić information content (AvgIpc) is 3.41. The average molecular weight is 416 g/mol. The fraction of sp³-hybridized carbons (Fsp3) is 0.360. The van der Waals surface area contributed by atoms with Crippen LogP contribution < -0.4 is 15.0 Å². The Morgan fingerprint density at radius 2 is 2.16 bits per heavy atom. The number of aromatic nitrogens is 3. The Bertz CT molecular complexity index is 1090. The van der Waals surface area contributed by atoms with Gasteiger partial charge in [0.2, 0.25) is 0 Å². The summed E-state index contributed by atoms with van der Waals surface area (Å²) in [6, 6.07) is 12.5. The number of pyridine rings is 1. The topological polar surface area (TPSA) is 55.2 Å². The van der Waals surface area contributed by atoms with Crippen molar-refractivity contribution < 1.29 is 4.74 Å². The molecule has 0 bridgehead atoms. The van der Waals surface area contributed by atoms with Crippen LogP contribution in [0, 0.1) is 0 Å². The van der Waals surface area contributed by atoms with Gasteiger partial charge < -0.3 is 15.0 Å². The molecule has 3 aromatic rings. The molecule has 0 saturated carbocycles. The van der Waals surface area contributed by atoms with E-state index < -0.39 is 0 Å². The molecule has 1 unspecified atom stereocenters. The van der Waals surface area contributed by atoms with Gasteiger partial charge in [0.25, 0.3) is 0 Å². The lowest BCUT2D eigenvalue weighted by Gasteiger charge is -2.31. The van der Waals surface area contributed by atoms with E-state index in [0.29, 0.717) is 6.61 Å². The number of aryl methyl sites for hydroxylation is 1. The van der Waals surface area contributed by atoms with Gasteiger partial charge in [-0.1, -0.05) is 18.2 Å². The van der Waals surface area contributed by atoms with Crippen LogP contribution in [0.1, 0.15) is 36.1 Å². The SMILES string of the molecule is CCN1C=CC(c2c(-c3ccccn3)nn3c2CCC3)c2ccc(OCCNC)cc21. The number of hydrogen-bond donors (Lipinski definition) is 1. The Labute approximate surface area is 183 Å². The van der Waals surface area contributed by atoms with E-state index in [2.05, 4.69) is 63.3 Å². The van der Waals surface area contributed by atoms with E-state index >= 15 is 0 Å². The number of nitrogens with zero attached hydrogens (tertiary/aromatic N) is 4. The highest BCUT2D eigenvalue weighted by atomic mass is 16.5. The van der Waals surface area contributed by atoms with E-state index in [0.717, 1.165) is 49.6 Å². The van der Waals surface area contributed by atoms with Crippen LogP contribution in [0.2, 0.25) is 0 Å². The van der Waals surface area contributed by atoms with Gasteiger partial charge >= 0.3 is 0 Å². The second-order valence-electron chi connectivity index (χ2n) is 8.03. The highest BCUT2D eigenvalue weighted by Crippen LogP contribution is 2.44. The molecule has 0 fully saturated rings. The molecule has 2 aliphatic heterocycles. The molecule has 0 saturated heterocycles. The van der Waals surface area contributed by atoms with Crippen molar-refractivity contribution in [2.75, 3.05) is 31.6 Å². The van der Waals surface area contributed by atoms with Crippen LogP contribution in [0.25, 0.3) is 11.4 Å². The molecule has 1 N–H and O–H groups in total. The van der Waals surface area contributed by atoms with Gasteiger partial charge in [-0.2, -0.15) is 5.10 Å². The molecular weight excluding hydrogens is 386 g/mol. The van der Waals surface area contributed by atoms with Gasteiger partial charge in [0.1, 0.15) is 18.1 Å². The van der Waals surface area contributed by atoms with Gasteiger partial charge in [0.05, 0.1) is 5.69 Å². The molecule has 0 radical (unpaired) electrons. The normalized spacial score (nSPS) is 17.0. The Kier molecular flexibility index (Phi) is 5.47. The molecule has 31 heavy (non-hydrogen) atoms. The Morgan fingerprint density at radius 1 is 1.23 bits per heavy atom. The van der Waals surface area contributed by atoms with E-state index in [9.17, 15) is 0 Å². The van der Waals surface area contributed by atoms with Gasteiger partial charge in [-0.3, -0.25) is 9.67 Å². The molecule has 6 nitrogen and oxygen atoms in total. The quantitative estimate of drug-likeness (QED) is 0.592. The van der Waals surface area contributed by atoms with E-state index in [1.807, 2.05) is 25.4 Å². The Hall–Kier alpha value is -3.12. The summed E-state index contributed by atoms with van der Waals surface area (Å²) in [6.45, 7) is 5.56. The summed E-state index contributed by atoms with van der Waals surface area (Å²) < 4.78 is 8.15. The molecule has 0 aliphatic carbocycles. The lowest BCUT2D eigenvalue weighted by molar-refractivity contribution is 0.318. The van der Waals surface area contributed by atoms with Crippen molar-refractivity contribution in [3.63, 3.8) is 0 Å². The molecule has 1 atom stereocenters. The molecule has 5 rings (SSSR count). The van der Waals surface area contributed by atoms with E-state index in [4.69, 9.17) is 9.84 Å². The summed E-state index contributed by atoms with van der Waals surface area (Å²) in [6.07, 6.45) is 8.60. The number of likely N-dealkylation sites (N-methyl/N-ethyl adjacent to an activating group) is 1. The van der Waals surface area contributed by atoms with E-state index in [1.54, 1.807) is 0 Å². The first-order chi connectivity index (χ1) is 15.3. The van der Waals surface area contributed by atoms with E-state index in [-0.39, 0.29) is 5.92 Å². The number of nitrogens with one attached hydrogen (secondary N) is 1. The molecule has 2 aliphatic rings. The molecule has 0 amide bonds. The van der Waals surface area contributed by atoms with Crippen molar-refractivity contribution >= 4 is 5.69 Å². The third-order valence-electron chi connectivity index (χ3n) is 6.17. The number of anilines is 1. The third-order valence-corrected chi connectivity index (χ3v) is 6.17. The van der Waals surface area contributed by atoms with Crippen molar-refractivity contribution in [1.29, 1.82) is 0 Å². The summed E-state index contributed by atoms with van der Waals surface area (Å²) >= 11 is 0. The largest absolute Gasteiger partial charge is 0.492 e. The summed E-state index contributed by atoms with van der Waals surface area (Å²) in [7, 11) is 1.94. The van der Waals surface area contributed by atoms with Crippen LogP contribution in [0.15, 0.2) is 54.9 Å². The number of hydrogen-bond acceptors (Lipinski definition) is 5. The van der Waals surface area contributed by atoms with Crippen molar-refractivity contribution in [1.82, 2.24) is 20.1 Å². The smallest absolute Gasteiger partial charge is 0.121 e. The summed E-state index contributed by atoms with van der Waals surface area (Å²) in [5.74, 6) is 1.06. The molecule has 160 valence electrons. The summed E-state index contributed by atoms with van der Waals surface area (Å²) in [5.41, 5.74) is 7.11. The fourth-order valence-corrected chi connectivity index (χ4v) is 4.67. The zero-order chi connectivity index (χ0) is 21.2. The second-order valence-corrected chi connectivity index (χ2v) is 8.03. The number of allylic oxidation sites excluding steroid dienone is 1. The van der Waals surface area contributed by atoms with Gasteiger partial charge in [0, 0.05) is 61.0 Å². The van der Waals surface area contributed by atoms with Crippen LogP contribution in [-0.4, -0.2) is 41.5 Å². The van der Waals surface area contributed by atoms with Crippen LogP contribution in [0.3, 0.4) is 0 Å². The van der Waals surface area contributed by atoms with Gasteiger partial charge in [-0.15, -0.1) is 0 Å². The minimum absolute atomic E-state index is 0.156. The fourth-order valence-electron chi connectivity index (χ4n) is 4.67. The number of rotatable bonds is 7. The Balaban J connectivity index is 1.60. The maximum Gasteiger partial charge on any atom is 0.121 e. The molecule has 0 spiro atoms. The summed E-state index contributed by atoms with van der Waals surface area (Å²) in [4.78, 5) is 6.92. The monoisotopic (exact) mass is 415 g/mol. The first-order valence-electron chi connectivity index (χ1n) is 11.2. The van der Waals surface area contributed by atoms with Crippen molar-refractivity contribution in [3.05, 3.63) is 71.7 Å². The maximum absolute atomic E-state index is 5.96. The summed E-state index contributed by atoms with van der Waals surface area (Å²) in [5, 5.41) is 8.12. The minimum Gasteiger partial charge on any atom is -0.492 e. The predicted octanol–water partition coefficient (Wildman–Crippen LogP) is 3.98. The highest BCUT2D eigenvalue weighted by Gasteiger charge is 2.32. The van der Waals surface area contributed by atoms with Gasteiger partial charge in [-0.05, 0) is 50.6 Å². The molecule has 1 aromatic carbocycles. The third kappa shape index (κ3) is 3.61. The molecule has 4 heterocycles. The van der Waals surface area contributed by atoms with Crippen LogP contribution in [-0.2, 0) is 13.0 Å². The van der Waals surface area contributed by atoms with Gasteiger partial charge in [-0.25, -0.2) is 0 Å². The van der Waals surface area contributed by atoms with Crippen molar-refractivity contribution in [3.8, 4) is 17.1 Å². The van der Waals surface area contributed by atoms with Crippen molar-refractivity contribution in [2.45, 2.75) is 32.2 Å².